The fraction of sp³-hybridized carbons (Fsp3) is 0.500. The molecule has 0 spiro atoms. The maximum absolute atomic E-state index is 12.9. The highest BCUT2D eigenvalue weighted by Crippen LogP contribution is 2.29. The van der Waals surface area contributed by atoms with Crippen LogP contribution in [-0.4, -0.2) is 49.0 Å². The third-order valence-electron chi connectivity index (χ3n) is 5.76. The summed E-state index contributed by atoms with van der Waals surface area (Å²) in [6.07, 6.45) is 5.82. The number of pyridine rings is 1. The second kappa shape index (κ2) is 13.2. The fourth-order valence-electron chi connectivity index (χ4n) is 4.09. The van der Waals surface area contributed by atoms with Crippen LogP contribution >= 0.6 is 12.4 Å². The third kappa shape index (κ3) is 8.43. The summed E-state index contributed by atoms with van der Waals surface area (Å²) in [5.41, 5.74) is 2.94. The number of nitrogens with one attached hydrogen (secondary N) is 1. The Morgan fingerprint density at radius 3 is 2.43 bits per heavy atom. The summed E-state index contributed by atoms with van der Waals surface area (Å²) in [6.45, 7) is 3.96. The lowest BCUT2D eigenvalue weighted by atomic mass is 9.85. The van der Waals surface area contributed by atoms with Crippen molar-refractivity contribution in [3.8, 4) is 5.75 Å². The van der Waals surface area contributed by atoms with E-state index in [2.05, 4.69) is 10.4 Å². The van der Waals surface area contributed by atoms with Gasteiger partial charge in [0.05, 0.1) is 30.8 Å². The Kier molecular flexibility index (Phi) is 10.9. The molecule has 1 aromatic heterocycles. The van der Waals surface area contributed by atoms with Gasteiger partial charge in [0, 0.05) is 12.6 Å². The molecule has 0 bridgehead atoms. The number of nitrogens with zero attached hydrogens (tertiary/aromatic N) is 2. The van der Waals surface area contributed by atoms with Crippen molar-refractivity contribution in [3.05, 3.63) is 48.2 Å². The van der Waals surface area contributed by atoms with E-state index < -0.39 is 9.84 Å². The number of hydroxylamine groups is 1. The van der Waals surface area contributed by atoms with E-state index in [1.165, 1.54) is 31.5 Å². The first-order chi connectivity index (χ1) is 16.2. The molecule has 1 fully saturated rings. The quantitative estimate of drug-likeness (QED) is 0.446. The Bertz CT molecular complexity index is 1060. The molecule has 11 heteroatoms. The SMILES string of the molecule is COc1ccc(S(=O)(=O)c2cc(CN(O)NC(=O)C[C@H]3CC[C@H](OC(C)C)CC3)ccn2)cc1.Cl. The Hall–Kier alpha value is -2.24. The van der Waals surface area contributed by atoms with Gasteiger partial charge in [-0.3, -0.25) is 15.4 Å². The summed E-state index contributed by atoms with van der Waals surface area (Å²) in [7, 11) is -2.34. The van der Waals surface area contributed by atoms with E-state index in [4.69, 9.17) is 9.47 Å². The molecule has 3 rings (SSSR count). The monoisotopic (exact) mass is 527 g/mol. The van der Waals surface area contributed by atoms with Crippen molar-refractivity contribution in [2.75, 3.05) is 7.11 Å². The second-order valence-corrected chi connectivity index (χ2v) is 10.7. The summed E-state index contributed by atoms with van der Waals surface area (Å²) in [5.74, 6) is 0.516. The van der Waals surface area contributed by atoms with Gasteiger partial charge in [0.15, 0.2) is 5.03 Å². The van der Waals surface area contributed by atoms with Gasteiger partial charge in [0.1, 0.15) is 5.75 Å². The Morgan fingerprint density at radius 2 is 1.83 bits per heavy atom. The number of aromatic nitrogens is 1. The average molecular weight is 528 g/mol. The lowest BCUT2D eigenvalue weighted by molar-refractivity contribution is -0.166. The van der Waals surface area contributed by atoms with Gasteiger partial charge in [0.2, 0.25) is 15.7 Å². The zero-order chi connectivity index (χ0) is 24.7. The van der Waals surface area contributed by atoms with Crippen LogP contribution in [0.1, 0.15) is 51.5 Å². The lowest BCUT2D eigenvalue weighted by Gasteiger charge is -2.29. The van der Waals surface area contributed by atoms with E-state index in [0.717, 1.165) is 25.7 Å². The number of ether oxygens (including phenoxy) is 2. The predicted molar refractivity (Wildman–Crippen MR) is 132 cm³/mol. The standard InChI is InChI=1S/C24H33N3O6S.ClH/c1-17(2)33-21-6-4-18(5-7-21)14-23(28)26-27(29)16-19-12-13-25-24(15-19)34(30,31)22-10-8-20(32-3)9-11-22;/h8-13,15,17-18,21,29H,4-7,14,16H2,1-3H3,(H,26,28);1H/t18-,21-;. The molecule has 1 aliphatic carbocycles. The number of sulfone groups is 1. The first-order valence-corrected chi connectivity index (χ1v) is 12.9. The highest BCUT2D eigenvalue weighted by Gasteiger charge is 2.25. The van der Waals surface area contributed by atoms with E-state index in [9.17, 15) is 18.4 Å². The molecule has 1 heterocycles. The van der Waals surface area contributed by atoms with E-state index in [0.29, 0.717) is 22.9 Å². The maximum Gasteiger partial charge on any atom is 0.236 e. The van der Waals surface area contributed by atoms with Gasteiger partial charge in [-0.25, -0.2) is 13.4 Å². The molecule has 1 aliphatic rings. The molecule has 0 unspecified atom stereocenters. The Labute approximate surface area is 213 Å². The van der Waals surface area contributed by atoms with Crippen LogP contribution in [0, 0.1) is 5.92 Å². The van der Waals surface area contributed by atoms with Crippen molar-refractivity contribution in [1.29, 1.82) is 0 Å². The number of hydrazine groups is 1. The molecular formula is C24H34ClN3O6S. The van der Waals surface area contributed by atoms with Crippen molar-refractivity contribution in [3.63, 3.8) is 0 Å². The number of hydrogen-bond donors (Lipinski definition) is 2. The molecule has 1 amide bonds. The molecule has 2 aromatic rings. The van der Waals surface area contributed by atoms with Crippen LogP contribution in [-0.2, 0) is 25.9 Å². The van der Waals surface area contributed by atoms with Crippen LogP contribution in [0.5, 0.6) is 5.75 Å². The van der Waals surface area contributed by atoms with Crippen LogP contribution in [0.4, 0.5) is 0 Å². The first kappa shape index (κ1) is 29.0. The van der Waals surface area contributed by atoms with Gasteiger partial charge in [-0.2, -0.15) is 0 Å². The summed E-state index contributed by atoms with van der Waals surface area (Å²) in [5, 5.41) is 10.7. The minimum atomic E-state index is -3.84. The van der Waals surface area contributed by atoms with E-state index in [1.54, 1.807) is 18.2 Å². The smallest absolute Gasteiger partial charge is 0.236 e. The number of rotatable bonds is 10. The second-order valence-electron chi connectivity index (χ2n) is 8.81. The molecule has 0 aliphatic heterocycles. The molecule has 1 aromatic carbocycles. The van der Waals surface area contributed by atoms with Gasteiger partial charge in [0.25, 0.3) is 0 Å². The molecule has 0 atom stereocenters. The third-order valence-corrected chi connectivity index (χ3v) is 7.43. The van der Waals surface area contributed by atoms with Crippen LogP contribution in [0.2, 0.25) is 0 Å². The highest BCUT2D eigenvalue weighted by atomic mass is 35.5. The lowest BCUT2D eigenvalue weighted by Crippen LogP contribution is -2.40. The zero-order valence-electron chi connectivity index (χ0n) is 20.2. The number of halogens is 1. The number of methoxy groups -OCH3 is 1. The summed E-state index contributed by atoms with van der Waals surface area (Å²) >= 11 is 0. The zero-order valence-corrected chi connectivity index (χ0v) is 21.8. The normalized spacial score (nSPS) is 18.2. The highest BCUT2D eigenvalue weighted by molar-refractivity contribution is 7.91. The van der Waals surface area contributed by atoms with E-state index in [1.807, 2.05) is 13.8 Å². The van der Waals surface area contributed by atoms with Crippen LogP contribution < -0.4 is 10.2 Å². The molecular weight excluding hydrogens is 494 g/mol. The van der Waals surface area contributed by atoms with Crippen molar-refractivity contribution >= 4 is 28.2 Å². The average Bonchev–Trinajstić information content (AvgIpc) is 2.80. The van der Waals surface area contributed by atoms with Crippen LogP contribution in [0.3, 0.4) is 0 Å². The van der Waals surface area contributed by atoms with E-state index in [-0.39, 0.29) is 52.9 Å². The van der Waals surface area contributed by atoms with Crippen LogP contribution in [0.25, 0.3) is 0 Å². The molecule has 0 saturated heterocycles. The largest absolute Gasteiger partial charge is 0.497 e. The summed E-state index contributed by atoms with van der Waals surface area (Å²) in [4.78, 5) is 16.4. The number of benzene rings is 1. The van der Waals surface area contributed by atoms with Gasteiger partial charge in [-0.15, -0.1) is 12.4 Å². The Morgan fingerprint density at radius 1 is 1.17 bits per heavy atom. The topological polar surface area (TPSA) is 118 Å². The molecule has 35 heavy (non-hydrogen) atoms. The maximum atomic E-state index is 12.9. The van der Waals surface area contributed by atoms with Gasteiger partial charge in [-0.05, 0) is 87.4 Å². The van der Waals surface area contributed by atoms with Gasteiger partial charge < -0.3 is 9.47 Å². The number of amides is 1. The van der Waals surface area contributed by atoms with Crippen LogP contribution in [0.15, 0.2) is 52.5 Å². The molecule has 0 radical (unpaired) electrons. The molecule has 9 nitrogen and oxygen atoms in total. The summed E-state index contributed by atoms with van der Waals surface area (Å²) in [6, 6.07) is 8.98. The van der Waals surface area contributed by atoms with Crippen molar-refractivity contribution < 1.29 is 27.9 Å². The fourth-order valence-corrected chi connectivity index (χ4v) is 5.33. The number of carbonyl (C=O) groups is 1. The minimum absolute atomic E-state index is 0. The van der Waals surface area contributed by atoms with Crippen molar-refractivity contribution in [2.45, 2.75) is 74.6 Å². The molecule has 1 saturated carbocycles. The van der Waals surface area contributed by atoms with Gasteiger partial charge >= 0.3 is 0 Å². The molecule has 194 valence electrons. The van der Waals surface area contributed by atoms with Gasteiger partial charge in [-0.1, -0.05) is 5.17 Å². The summed E-state index contributed by atoms with van der Waals surface area (Å²) < 4.78 is 36.7. The molecule has 2 N–H and O–H groups in total. The Balaban J connectivity index is 0.00000432. The van der Waals surface area contributed by atoms with Crippen molar-refractivity contribution in [2.24, 2.45) is 5.92 Å². The van der Waals surface area contributed by atoms with Crippen molar-refractivity contribution in [1.82, 2.24) is 15.6 Å². The minimum Gasteiger partial charge on any atom is -0.497 e. The van der Waals surface area contributed by atoms with E-state index >= 15 is 0 Å². The number of hydrogen-bond acceptors (Lipinski definition) is 8. The number of carbonyl (C=O) groups excluding carboxylic acids is 1. The predicted octanol–water partition coefficient (Wildman–Crippen LogP) is 3.94. The first-order valence-electron chi connectivity index (χ1n) is 11.4.